The number of hydrogen-bond donors (Lipinski definition) is 1. The summed E-state index contributed by atoms with van der Waals surface area (Å²) in [5.41, 5.74) is -16.5. The van der Waals surface area contributed by atoms with Crippen molar-refractivity contribution in [3.63, 3.8) is 0 Å². The first-order chi connectivity index (χ1) is 62.8. The normalized spacial score (nSPS) is 13.3. The fourth-order valence-electron chi connectivity index (χ4n) is 19.0. The lowest BCUT2D eigenvalue weighted by molar-refractivity contribution is -0.937. The van der Waals surface area contributed by atoms with Gasteiger partial charge in [-0.1, -0.05) is 64.4 Å². The van der Waals surface area contributed by atoms with Gasteiger partial charge in [-0.3, -0.25) is 0 Å². The fourth-order valence-corrected chi connectivity index (χ4v) is 19.0. The van der Waals surface area contributed by atoms with Crippen molar-refractivity contribution in [1.82, 2.24) is 0 Å². The Bertz CT molecular complexity index is 7070. The second-order valence-electron chi connectivity index (χ2n) is 31.4. The van der Waals surface area contributed by atoms with E-state index in [2.05, 4.69) is 6.92 Å². The summed E-state index contributed by atoms with van der Waals surface area (Å²) in [6.45, 7) is 1.82. The van der Waals surface area contributed by atoms with Gasteiger partial charge in [0.2, 0.25) is 12.0 Å². The van der Waals surface area contributed by atoms with Crippen LogP contribution in [0.3, 0.4) is 0 Å². The Hall–Kier alpha value is -12.2. The molecule has 0 saturated carbocycles. The number of alkyl halides is 6. The van der Waals surface area contributed by atoms with Gasteiger partial charge >= 0.3 is 12.2 Å². The molecule has 0 heterocycles. The lowest BCUT2D eigenvalue weighted by Crippen LogP contribution is -3.16. The van der Waals surface area contributed by atoms with Gasteiger partial charge in [0.05, 0.1) is 71.2 Å². The van der Waals surface area contributed by atoms with Gasteiger partial charge in [0.15, 0.2) is 198 Å². The number of rotatable bonds is 21. The molecule has 0 fully saturated rings. The third kappa shape index (κ3) is 12.7. The van der Waals surface area contributed by atoms with Crippen LogP contribution in [-0.4, -0.2) is 31.1 Å². The summed E-state index contributed by atoms with van der Waals surface area (Å²) in [6, 6.07) is -1.03. The topological polar surface area (TPSA) is 4.44 Å². The summed E-state index contributed by atoms with van der Waals surface area (Å²) in [7, 11) is 0. The van der Waals surface area contributed by atoms with E-state index in [0.29, 0.717) is 12.8 Å². The Balaban J connectivity index is 0.000000337. The SMILES string of the molecule is CCCCCCCCC[NH+](c1cccc(F)c1F)C(F)(F)C(F)CCCCCCC(F)(F)F.Fc1c(F)c2c(F)c(F)c3c(F)c(F)c([B-](c4c(F)c(F)c5c(F)c(F)c6c(F)c(F)c(F)c7c(F)c(F)c4c5c67)(c4c(F)c(F)c5c(F)c(F)c6c(F)c(F)c(F)c7c(F)c(F)c4c5c67)c4c(F)c(F)c5c(F)c(F)c6c(F)c(F)c(F)c7c(F)c(F)c4c5c67)c4c(F)c(F)c(c1F)c2c34. The van der Waals surface area contributed by atoms with Gasteiger partial charge in [-0.25, -0.2) is 172 Å². The third-order valence-electron chi connectivity index (χ3n) is 24.5. The molecular weight excluding hydrogens is 1920 g/mol. The third-order valence-corrected chi connectivity index (χ3v) is 24.5. The Morgan fingerprint density at radius 1 is 0.224 bits per heavy atom. The van der Waals surface area contributed by atoms with Crippen LogP contribution in [0, 0.1) is 221 Å². The van der Waals surface area contributed by atoms with Gasteiger partial charge in [-0.2, -0.15) is 17.6 Å². The zero-order chi connectivity index (χ0) is 98.4. The molecule has 0 saturated heterocycles. The van der Waals surface area contributed by atoms with Crippen LogP contribution in [0.2, 0.25) is 0 Å². The van der Waals surface area contributed by atoms with Gasteiger partial charge < -0.3 is 0 Å². The van der Waals surface area contributed by atoms with Crippen LogP contribution in [0.5, 0.6) is 0 Å². The highest BCUT2D eigenvalue weighted by atomic mass is 19.4. The smallest absolute Gasteiger partial charge is 0.237 e. The molecule has 704 valence electrons. The predicted molar refractivity (Wildman–Crippen MR) is 397 cm³/mol. The molecule has 0 aliphatic heterocycles. The van der Waals surface area contributed by atoms with Crippen molar-refractivity contribution in [2.75, 3.05) is 6.54 Å². The number of halogens is 44. The van der Waals surface area contributed by atoms with Crippen molar-refractivity contribution in [3.8, 4) is 0 Å². The largest absolute Gasteiger partial charge is 0.425 e. The lowest BCUT2D eigenvalue weighted by Gasteiger charge is -2.48. The van der Waals surface area contributed by atoms with E-state index in [0.717, 1.165) is 50.3 Å². The van der Waals surface area contributed by atoms with Crippen molar-refractivity contribution in [2.45, 2.75) is 109 Å². The number of quaternary nitrogens is 1. The van der Waals surface area contributed by atoms with Crippen molar-refractivity contribution < 1.29 is 198 Å². The Kier molecular flexibility index (Phi) is 23.3. The Labute approximate surface area is 713 Å². The van der Waals surface area contributed by atoms with Gasteiger partial charge in [-0.05, 0) is 53.3 Å². The van der Waals surface area contributed by atoms with Gasteiger partial charge in [0.25, 0.3) is 0 Å². The first-order valence-electron chi connectivity index (χ1n) is 38.9. The van der Waals surface area contributed by atoms with Crippen molar-refractivity contribution in [2.24, 2.45) is 0 Å². The molecule has 17 aromatic carbocycles. The van der Waals surface area contributed by atoms with E-state index < -0.39 is 420 Å². The first-order valence-corrected chi connectivity index (χ1v) is 38.9. The van der Waals surface area contributed by atoms with Crippen molar-refractivity contribution >= 4 is 163 Å². The second-order valence-corrected chi connectivity index (χ2v) is 31.4. The molecule has 2 unspecified atom stereocenters. The highest BCUT2D eigenvalue weighted by Gasteiger charge is 2.55. The number of benzene rings is 17. The van der Waals surface area contributed by atoms with Crippen LogP contribution in [0.25, 0.3) is 129 Å². The van der Waals surface area contributed by atoms with Crippen LogP contribution >= 0.6 is 0 Å². The Morgan fingerprint density at radius 3 is 0.672 bits per heavy atom. The number of hydrogen-bond acceptors (Lipinski definition) is 0. The highest BCUT2D eigenvalue weighted by Crippen LogP contribution is 2.54. The summed E-state index contributed by atoms with van der Waals surface area (Å²) in [5.74, 6) is -132. The molecule has 0 amide bonds. The minimum absolute atomic E-state index is 0.00897. The molecule has 0 radical (unpaired) electrons. The highest BCUT2D eigenvalue weighted by molar-refractivity contribution is 7.23. The molecule has 1 nitrogen and oxygen atoms in total. The molecule has 17 aromatic rings. The molecule has 0 aliphatic rings. The van der Waals surface area contributed by atoms with Gasteiger partial charge in [0.1, 0.15) is 29.4 Å². The van der Waals surface area contributed by atoms with Crippen LogP contribution in [0.4, 0.5) is 199 Å². The van der Waals surface area contributed by atoms with Crippen molar-refractivity contribution in [3.05, 3.63) is 239 Å². The fraction of sp³-hybridized carbons (Fsp3) is 0.205. The van der Waals surface area contributed by atoms with Gasteiger partial charge in [-0.15, -0.1) is 30.6 Å². The van der Waals surface area contributed by atoms with E-state index in [-0.39, 0.29) is 32.2 Å². The monoisotopic (exact) mass is 1950 g/mol. The van der Waals surface area contributed by atoms with E-state index >= 15 is 167 Å². The van der Waals surface area contributed by atoms with Crippen molar-refractivity contribution in [1.29, 1.82) is 0 Å². The quantitative estimate of drug-likeness (QED) is 0.0183. The van der Waals surface area contributed by atoms with E-state index in [4.69, 9.17) is 0 Å². The second kappa shape index (κ2) is 32.9. The average molecular weight is 1950 g/mol. The number of nitrogens with one attached hydrogen (secondary N) is 1. The van der Waals surface area contributed by atoms with Crippen LogP contribution < -0.4 is 26.8 Å². The summed E-state index contributed by atoms with van der Waals surface area (Å²) in [5, 5.41) is -71.3. The van der Waals surface area contributed by atoms with E-state index in [9.17, 15) is 26.3 Å². The van der Waals surface area contributed by atoms with Gasteiger partial charge in [0, 0.05) is 55.6 Å². The maximum Gasteiger partial charge on any atom is 0.425 e. The number of unbranched alkanes of at least 4 members (excludes halogenated alkanes) is 9. The molecule has 134 heavy (non-hydrogen) atoms. The first kappa shape index (κ1) is 95.0. The summed E-state index contributed by atoms with van der Waals surface area (Å²) >= 11 is 0. The molecule has 0 spiro atoms. The minimum Gasteiger partial charge on any atom is -0.237 e. The summed E-state index contributed by atoms with van der Waals surface area (Å²) in [6.07, 6.45) is -10.8. The molecule has 46 heteroatoms. The molecular formula is C88H36BF44N. The molecule has 17 rings (SSSR count). The molecule has 0 aliphatic carbocycles. The molecule has 0 bridgehead atoms. The zero-order valence-electron chi connectivity index (χ0n) is 65.4. The van der Waals surface area contributed by atoms with Crippen LogP contribution in [0.15, 0.2) is 18.2 Å². The minimum atomic E-state index is -8.50. The maximum absolute atomic E-state index is 19.3. The van der Waals surface area contributed by atoms with E-state index in [1.807, 2.05) is 0 Å². The summed E-state index contributed by atoms with van der Waals surface area (Å²) < 4.78 is 730. The van der Waals surface area contributed by atoms with E-state index in [1.165, 1.54) is 0 Å². The maximum atomic E-state index is 19.3. The Morgan fingerprint density at radius 2 is 0.425 bits per heavy atom. The molecule has 1 N–H and O–H groups in total. The van der Waals surface area contributed by atoms with Crippen LogP contribution in [-0.2, 0) is 0 Å². The van der Waals surface area contributed by atoms with Crippen LogP contribution in [0.1, 0.15) is 90.4 Å². The molecule has 2 atom stereocenters. The summed E-state index contributed by atoms with van der Waals surface area (Å²) in [4.78, 5) is -0.752. The zero-order valence-corrected chi connectivity index (χ0v) is 65.4. The molecule has 0 aromatic heterocycles. The lowest BCUT2D eigenvalue weighted by atomic mass is 9.11. The standard InChI is InChI=1S/C64BF36.C24H35F8N/c66-29-9-1-5-17(33(29)70)49(86)61(98)53(90)21(5)41(78)37(74)13(1)45(82)57(94)25(9)65(26-10-2-6-18(34(71)30(10)67)50(87)62(99)54(91)22(6)42(79)38(75)14(2)46(83)58(26)95,27-11-3-7-19(35(72)31(11)68)51(88)63(100)55(92)23(7)43(80)39(76)15(3)47(84)59(27)96)28-12-4-8-20(36(73)32(12)69)52(89)64(101)56(93)24(8)44(81)40(77)16(4)48(85)60(28)97;1-2-3-4-5-6-9-12-18-33(20-15-13-14-19(25)22(20)27)24(31,32)21(26)16-10-7-8-11-17-23(28,29)30/h;13-15,21H,2-12,16-18H2,1H3/q-1;/p+1. The predicted octanol–water partition coefficient (Wildman–Crippen LogP) is 27.7. The average Bonchev–Trinajstić information content (AvgIpc) is 0.645. The van der Waals surface area contributed by atoms with E-state index in [1.54, 1.807) is 0 Å².